The second-order valence-electron chi connectivity index (χ2n) is 15.8. The van der Waals surface area contributed by atoms with E-state index in [1.807, 2.05) is 48.5 Å². The Morgan fingerprint density at radius 1 is 0.604 bits per heavy atom. The number of unbranched alkanes of at least 4 members (excludes halogenated alkanes) is 3. The van der Waals surface area contributed by atoms with Gasteiger partial charge in [0.2, 0.25) is 0 Å². The van der Waals surface area contributed by atoms with Crippen LogP contribution in [0.4, 0.5) is 0 Å². The van der Waals surface area contributed by atoms with E-state index in [2.05, 4.69) is 62.3 Å². The van der Waals surface area contributed by atoms with Gasteiger partial charge in [-0.25, -0.2) is 4.89 Å². The third-order valence-electron chi connectivity index (χ3n) is 8.13. The molecule has 0 amide bonds. The van der Waals surface area contributed by atoms with E-state index >= 15 is 0 Å². The number of ether oxygens (including phenoxy) is 7. The molecular weight excluding hydrogens is 612 g/mol. The van der Waals surface area contributed by atoms with E-state index in [0.717, 1.165) is 44.9 Å². The van der Waals surface area contributed by atoms with Crippen molar-refractivity contribution < 1.29 is 42.9 Å². The standard InChI is InChI=1S/C39H80O9/c1-17-21-23-26-41-38(42-27-24-30(5)6,48-44-29-33(11)19-3)37(16,35(45-32(9)10)40-25-22-18-2)39(43-28-31(7)8,46-34(12)20-4)47-36(13,14)15/h30-35H,17-29H2,1-16H3. The smallest absolute Gasteiger partial charge is 0.330 e. The molecule has 0 aromatic carbocycles. The van der Waals surface area contributed by atoms with Gasteiger partial charge in [0.05, 0.1) is 44.2 Å². The molecule has 0 aliphatic rings. The summed E-state index contributed by atoms with van der Waals surface area (Å²) < 4.78 is 48.5. The van der Waals surface area contributed by atoms with Crippen LogP contribution in [0.1, 0.15) is 162 Å². The molecule has 0 saturated heterocycles. The molecule has 0 spiro atoms. The van der Waals surface area contributed by atoms with Gasteiger partial charge in [-0.05, 0) is 91.9 Å². The monoisotopic (exact) mass is 693 g/mol. The lowest BCUT2D eigenvalue weighted by molar-refractivity contribution is -0.605. The minimum atomic E-state index is -1.94. The normalized spacial score (nSPS) is 18.6. The Bertz CT molecular complexity index is 786. The van der Waals surface area contributed by atoms with Crippen LogP contribution in [0, 0.1) is 23.2 Å². The van der Waals surface area contributed by atoms with Gasteiger partial charge in [0.25, 0.3) is 0 Å². The lowest BCUT2D eigenvalue weighted by atomic mass is 9.81. The van der Waals surface area contributed by atoms with Crippen LogP contribution in [0.3, 0.4) is 0 Å². The molecule has 6 unspecified atom stereocenters. The molecule has 0 radical (unpaired) electrons. The van der Waals surface area contributed by atoms with E-state index in [4.69, 9.17) is 42.9 Å². The first-order chi connectivity index (χ1) is 22.4. The first-order valence-corrected chi connectivity index (χ1v) is 19.3. The van der Waals surface area contributed by atoms with E-state index in [0.29, 0.717) is 45.4 Å². The summed E-state index contributed by atoms with van der Waals surface area (Å²) in [6, 6.07) is 0. The van der Waals surface area contributed by atoms with Gasteiger partial charge >= 0.3 is 11.9 Å². The van der Waals surface area contributed by atoms with E-state index in [1.54, 1.807) is 0 Å². The van der Waals surface area contributed by atoms with E-state index in [1.165, 1.54) is 0 Å². The minimum absolute atomic E-state index is 0.146. The van der Waals surface area contributed by atoms with Gasteiger partial charge in [0.1, 0.15) is 0 Å². The van der Waals surface area contributed by atoms with Gasteiger partial charge in [-0.1, -0.05) is 88.0 Å². The Morgan fingerprint density at radius 3 is 1.73 bits per heavy atom. The largest absolute Gasteiger partial charge is 0.351 e. The Hall–Kier alpha value is -0.360. The van der Waals surface area contributed by atoms with Crippen molar-refractivity contribution in [3.8, 4) is 0 Å². The van der Waals surface area contributed by atoms with Crippen molar-refractivity contribution in [2.45, 2.75) is 198 Å². The predicted molar refractivity (Wildman–Crippen MR) is 194 cm³/mol. The molecule has 0 fully saturated rings. The summed E-state index contributed by atoms with van der Waals surface area (Å²) in [5, 5.41) is 0. The van der Waals surface area contributed by atoms with Crippen molar-refractivity contribution in [1.29, 1.82) is 0 Å². The molecule has 9 heteroatoms. The molecule has 0 bridgehead atoms. The maximum Gasteiger partial charge on any atom is 0.330 e. The Kier molecular flexibility index (Phi) is 23.8. The predicted octanol–water partition coefficient (Wildman–Crippen LogP) is 10.4. The fraction of sp³-hybridized carbons (Fsp3) is 1.00. The summed E-state index contributed by atoms with van der Waals surface area (Å²) in [6.45, 7) is 34.7. The second-order valence-corrected chi connectivity index (χ2v) is 15.8. The molecule has 0 aliphatic heterocycles. The molecule has 0 rings (SSSR count). The van der Waals surface area contributed by atoms with E-state index in [9.17, 15) is 0 Å². The zero-order chi connectivity index (χ0) is 37.0. The lowest BCUT2D eigenvalue weighted by Crippen LogP contribution is -2.73. The van der Waals surface area contributed by atoms with Gasteiger partial charge in [0, 0.05) is 6.61 Å². The van der Waals surface area contributed by atoms with Crippen molar-refractivity contribution >= 4 is 0 Å². The maximum atomic E-state index is 7.09. The SMILES string of the molecule is CCCCCOC(OCCC(C)C)(OOCC(C)CC)C(C)(C(OCCCC)OC(C)C)C(OCC(C)C)(OC(C)CC)OC(C)(C)C. The highest BCUT2D eigenvalue weighted by Crippen LogP contribution is 2.55. The summed E-state index contributed by atoms with van der Waals surface area (Å²) in [5.74, 6) is -3.04. The van der Waals surface area contributed by atoms with Crippen LogP contribution >= 0.6 is 0 Å². The van der Waals surface area contributed by atoms with Gasteiger partial charge in [0.15, 0.2) is 11.7 Å². The summed E-state index contributed by atoms with van der Waals surface area (Å²) >= 11 is 0. The third kappa shape index (κ3) is 16.3. The fourth-order valence-electron chi connectivity index (χ4n) is 4.70. The Labute approximate surface area is 297 Å². The van der Waals surface area contributed by atoms with Crippen molar-refractivity contribution in [3.05, 3.63) is 0 Å². The van der Waals surface area contributed by atoms with Crippen molar-refractivity contribution in [3.63, 3.8) is 0 Å². The molecular formula is C39H80O9. The summed E-state index contributed by atoms with van der Waals surface area (Å²) in [7, 11) is 0. The quantitative estimate of drug-likeness (QED) is 0.0316. The zero-order valence-corrected chi connectivity index (χ0v) is 34.3. The van der Waals surface area contributed by atoms with Crippen LogP contribution in [0.25, 0.3) is 0 Å². The average molecular weight is 693 g/mol. The van der Waals surface area contributed by atoms with Gasteiger partial charge < -0.3 is 33.2 Å². The van der Waals surface area contributed by atoms with Crippen LogP contribution in [-0.2, 0) is 42.9 Å². The van der Waals surface area contributed by atoms with Crippen LogP contribution in [0.15, 0.2) is 0 Å². The van der Waals surface area contributed by atoms with Crippen LogP contribution in [-0.4, -0.2) is 69.1 Å². The zero-order valence-electron chi connectivity index (χ0n) is 34.3. The van der Waals surface area contributed by atoms with Crippen LogP contribution < -0.4 is 0 Å². The summed E-state index contributed by atoms with van der Waals surface area (Å²) in [5.41, 5.74) is -2.33. The number of rotatable bonds is 30. The Balaban J connectivity index is 8.24. The molecule has 0 aromatic rings. The third-order valence-corrected chi connectivity index (χ3v) is 8.13. The molecule has 0 heterocycles. The second kappa shape index (κ2) is 24.0. The summed E-state index contributed by atoms with van der Waals surface area (Å²) in [4.78, 5) is 12.7. The molecule has 9 nitrogen and oxygen atoms in total. The summed E-state index contributed by atoms with van der Waals surface area (Å²) in [6.07, 6.45) is 5.37. The van der Waals surface area contributed by atoms with Crippen molar-refractivity contribution in [2.75, 3.05) is 33.0 Å². The van der Waals surface area contributed by atoms with Gasteiger partial charge in [-0.15, -0.1) is 0 Å². The molecule has 0 N–H and O–H groups in total. The number of hydrogen-bond donors (Lipinski definition) is 0. The molecule has 0 aliphatic carbocycles. The first-order valence-electron chi connectivity index (χ1n) is 19.3. The van der Waals surface area contributed by atoms with Crippen molar-refractivity contribution in [1.82, 2.24) is 0 Å². The van der Waals surface area contributed by atoms with Gasteiger partial charge in [-0.2, -0.15) is 4.89 Å². The van der Waals surface area contributed by atoms with E-state index in [-0.39, 0.29) is 24.0 Å². The molecule has 6 atom stereocenters. The number of hydrogen-bond acceptors (Lipinski definition) is 9. The first kappa shape index (κ1) is 47.6. The highest BCUT2D eigenvalue weighted by atomic mass is 17.3. The molecule has 0 saturated carbocycles. The minimum Gasteiger partial charge on any atom is -0.351 e. The highest BCUT2D eigenvalue weighted by Gasteiger charge is 2.74. The highest BCUT2D eigenvalue weighted by molar-refractivity contribution is 4.99. The fourth-order valence-corrected chi connectivity index (χ4v) is 4.70. The topological polar surface area (TPSA) is 83.1 Å². The molecule has 48 heavy (non-hydrogen) atoms. The molecule has 0 aromatic heterocycles. The van der Waals surface area contributed by atoms with Crippen LogP contribution in [0.2, 0.25) is 0 Å². The molecule has 290 valence electrons. The average Bonchev–Trinajstić information content (AvgIpc) is 2.99. The maximum absolute atomic E-state index is 7.09. The lowest BCUT2D eigenvalue weighted by Gasteiger charge is -2.57. The van der Waals surface area contributed by atoms with Gasteiger partial charge in [-0.3, -0.25) is 0 Å². The van der Waals surface area contributed by atoms with Crippen LogP contribution in [0.5, 0.6) is 0 Å². The Morgan fingerprint density at radius 2 is 1.23 bits per heavy atom. The van der Waals surface area contributed by atoms with E-state index < -0.39 is 29.3 Å². The van der Waals surface area contributed by atoms with Crippen molar-refractivity contribution in [2.24, 2.45) is 23.2 Å².